The lowest BCUT2D eigenvalue weighted by molar-refractivity contribution is -0.150. The van der Waals surface area contributed by atoms with Crippen LogP contribution in [0, 0.1) is 11.8 Å². The Morgan fingerprint density at radius 2 is 1.85 bits per heavy atom. The highest BCUT2D eigenvalue weighted by molar-refractivity contribution is 6.05. The summed E-state index contributed by atoms with van der Waals surface area (Å²) in [5, 5.41) is 0. The van der Waals surface area contributed by atoms with E-state index in [1.807, 2.05) is 12.2 Å². The zero-order valence-corrected chi connectivity index (χ0v) is 11.8. The van der Waals surface area contributed by atoms with E-state index in [1.54, 1.807) is 13.8 Å². The Balaban J connectivity index is 2.00. The molecule has 2 amide bonds. The van der Waals surface area contributed by atoms with Gasteiger partial charge in [0.1, 0.15) is 6.10 Å². The highest BCUT2D eigenvalue weighted by atomic mass is 16.5. The molecular formula is C15H19NO4. The second-order valence-corrected chi connectivity index (χ2v) is 5.44. The largest absolute Gasteiger partial charge is 0.457 e. The van der Waals surface area contributed by atoms with Crippen LogP contribution in [-0.4, -0.2) is 35.3 Å². The molecule has 3 unspecified atom stereocenters. The smallest absolute Gasteiger partial charge is 0.333 e. The molecular weight excluding hydrogens is 258 g/mol. The van der Waals surface area contributed by atoms with Gasteiger partial charge in [0.2, 0.25) is 11.8 Å². The summed E-state index contributed by atoms with van der Waals surface area (Å²) in [6.45, 7) is 6.84. The molecule has 0 aromatic carbocycles. The Bertz CT molecular complexity index is 468. The van der Waals surface area contributed by atoms with E-state index in [0.29, 0.717) is 18.4 Å². The van der Waals surface area contributed by atoms with E-state index in [-0.39, 0.29) is 30.2 Å². The number of imide groups is 1. The number of carbonyl (C=O) groups is 3. The van der Waals surface area contributed by atoms with Gasteiger partial charge in [-0.1, -0.05) is 18.7 Å². The number of hydrogen-bond acceptors (Lipinski definition) is 4. The first-order valence-electron chi connectivity index (χ1n) is 6.78. The van der Waals surface area contributed by atoms with Crippen LogP contribution in [0.15, 0.2) is 24.3 Å². The third-order valence-corrected chi connectivity index (χ3v) is 3.70. The number of hydrogen-bond donors (Lipinski definition) is 0. The number of nitrogens with zero attached hydrogens (tertiary/aromatic N) is 1. The average molecular weight is 277 g/mol. The number of amides is 2. The summed E-state index contributed by atoms with van der Waals surface area (Å²) in [5.41, 5.74) is 0.300. The summed E-state index contributed by atoms with van der Waals surface area (Å²) >= 11 is 0. The van der Waals surface area contributed by atoms with Crippen molar-refractivity contribution < 1.29 is 19.1 Å². The Kier molecular flexibility index (Phi) is 4.06. The number of carbonyl (C=O) groups excluding carboxylic acids is 3. The molecule has 0 spiro atoms. The van der Waals surface area contributed by atoms with Crippen molar-refractivity contribution in [1.29, 1.82) is 0 Å². The molecule has 1 aliphatic carbocycles. The summed E-state index contributed by atoms with van der Waals surface area (Å²) in [4.78, 5) is 37.1. The minimum atomic E-state index is -0.528. The summed E-state index contributed by atoms with van der Waals surface area (Å²) in [6.07, 6.45) is 4.60. The highest BCUT2D eigenvalue weighted by Gasteiger charge is 2.47. The van der Waals surface area contributed by atoms with Gasteiger partial charge in [0.25, 0.3) is 0 Å². The maximum absolute atomic E-state index is 12.2. The Morgan fingerprint density at radius 3 is 2.30 bits per heavy atom. The van der Waals surface area contributed by atoms with E-state index in [4.69, 9.17) is 4.74 Å². The first-order valence-corrected chi connectivity index (χ1v) is 6.78. The van der Waals surface area contributed by atoms with Crippen molar-refractivity contribution >= 4 is 17.8 Å². The first kappa shape index (κ1) is 14.5. The maximum Gasteiger partial charge on any atom is 0.333 e. The molecule has 0 bridgehead atoms. The molecule has 5 nitrogen and oxygen atoms in total. The molecule has 3 atom stereocenters. The molecule has 0 saturated carbocycles. The van der Waals surface area contributed by atoms with Gasteiger partial charge in [-0.3, -0.25) is 14.5 Å². The molecule has 1 fully saturated rings. The molecule has 0 radical (unpaired) electrons. The van der Waals surface area contributed by atoms with Crippen molar-refractivity contribution in [3.63, 3.8) is 0 Å². The SMILES string of the molecule is C=C(C)C(=O)OC(C)CN1C(=O)C2CC=CCC2C1=O. The van der Waals surface area contributed by atoms with E-state index >= 15 is 0 Å². The third kappa shape index (κ3) is 2.66. The fraction of sp³-hybridized carbons (Fsp3) is 0.533. The standard InChI is InChI=1S/C15H19NO4/c1-9(2)15(19)20-10(3)8-16-13(17)11-6-4-5-7-12(11)14(16)18/h4-5,10-12H,1,6-8H2,2-3H3. The maximum atomic E-state index is 12.2. The molecule has 20 heavy (non-hydrogen) atoms. The molecule has 0 aromatic rings. The monoisotopic (exact) mass is 277 g/mol. The Hall–Kier alpha value is -1.91. The quantitative estimate of drug-likeness (QED) is 0.338. The molecule has 0 N–H and O–H groups in total. The van der Waals surface area contributed by atoms with Crippen LogP contribution in [0.2, 0.25) is 0 Å². The predicted octanol–water partition coefficient (Wildman–Crippen LogP) is 1.45. The number of likely N-dealkylation sites (tertiary alicyclic amines) is 1. The number of ether oxygens (including phenoxy) is 1. The van der Waals surface area contributed by atoms with Gasteiger partial charge >= 0.3 is 5.97 Å². The minimum absolute atomic E-state index is 0.115. The molecule has 1 saturated heterocycles. The normalized spacial score (nSPS) is 26.4. The highest BCUT2D eigenvalue weighted by Crippen LogP contribution is 2.35. The fourth-order valence-electron chi connectivity index (χ4n) is 2.63. The second-order valence-electron chi connectivity index (χ2n) is 5.44. The van der Waals surface area contributed by atoms with Crippen LogP contribution in [0.4, 0.5) is 0 Å². The van der Waals surface area contributed by atoms with Gasteiger partial charge in [-0.05, 0) is 26.7 Å². The van der Waals surface area contributed by atoms with E-state index < -0.39 is 12.1 Å². The third-order valence-electron chi connectivity index (χ3n) is 3.70. The van der Waals surface area contributed by atoms with E-state index in [1.165, 1.54) is 4.90 Å². The van der Waals surface area contributed by atoms with E-state index in [0.717, 1.165) is 0 Å². The van der Waals surface area contributed by atoms with Gasteiger partial charge in [-0.25, -0.2) is 4.79 Å². The van der Waals surface area contributed by atoms with E-state index in [9.17, 15) is 14.4 Å². The van der Waals surface area contributed by atoms with Gasteiger partial charge in [0.15, 0.2) is 0 Å². The summed E-state index contributed by atoms with van der Waals surface area (Å²) in [5.74, 6) is -1.28. The fourth-order valence-corrected chi connectivity index (χ4v) is 2.63. The predicted molar refractivity (Wildman–Crippen MR) is 72.4 cm³/mol. The van der Waals surface area contributed by atoms with Gasteiger partial charge in [-0.15, -0.1) is 0 Å². The summed E-state index contributed by atoms with van der Waals surface area (Å²) < 4.78 is 5.12. The second kappa shape index (κ2) is 5.61. The molecule has 2 rings (SSSR count). The van der Waals surface area contributed by atoms with Crippen molar-refractivity contribution in [2.45, 2.75) is 32.8 Å². The molecule has 1 heterocycles. The van der Waals surface area contributed by atoms with Crippen LogP contribution in [-0.2, 0) is 19.1 Å². The minimum Gasteiger partial charge on any atom is -0.457 e. The summed E-state index contributed by atoms with van der Waals surface area (Å²) in [7, 11) is 0. The first-order chi connectivity index (χ1) is 9.41. The van der Waals surface area contributed by atoms with Crippen molar-refractivity contribution in [3.05, 3.63) is 24.3 Å². The van der Waals surface area contributed by atoms with Crippen LogP contribution in [0.5, 0.6) is 0 Å². The number of allylic oxidation sites excluding steroid dienone is 2. The van der Waals surface area contributed by atoms with Crippen molar-refractivity contribution in [2.24, 2.45) is 11.8 Å². The number of esters is 1. The number of fused-ring (bicyclic) bond motifs is 1. The van der Waals surface area contributed by atoms with Crippen LogP contribution < -0.4 is 0 Å². The zero-order valence-electron chi connectivity index (χ0n) is 11.8. The van der Waals surface area contributed by atoms with Gasteiger partial charge < -0.3 is 4.74 Å². The zero-order chi connectivity index (χ0) is 14.9. The molecule has 1 aliphatic heterocycles. The van der Waals surface area contributed by atoms with Crippen LogP contribution in [0.3, 0.4) is 0 Å². The van der Waals surface area contributed by atoms with Gasteiger partial charge in [-0.2, -0.15) is 0 Å². The lowest BCUT2D eigenvalue weighted by Crippen LogP contribution is -2.38. The van der Waals surface area contributed by atoms with Crippen LogP contribution >= 0.6 is 0 Å². The molecule has 0 aromatic heterocycles. The Labute approximate surface area is 118 Å². The van der Waals surface area contributed by atoms with Crippen molar-refractivity contribution in [2.75, 3.05) is 6.54 Å². The summed E-state index contributed by atoms with van der Waals surface area (Å²) in [6, 6.07) is 0. The van der Waals surface area contributed by atoms with Gasteiger partial charge in [0.05, 0.1) is 18.4 Å². The van der Waals surface area contributed by atoms with Crippen molar-refractivity contribution in [1.82, 2.24) is 4.90 Å². The number of rotatable bonds is 4. The molecule has 108 valence electrons. The van der Waals surface area contributed by atoms with Crippen LogP contribution in [0.25, 0.3) is 0 Å². The lowest BCUT2D eigenvalue weighted by atomic mass is 9.85. The molecule has 5 heteroatoms. The molecule has 2 aliphatic rings. The van der Waals surface area contributed by atoms with Crippen LogP contribution in [0.1, 0.15) is 26.7 Å². The van der Waals surface area contributed by atoms with E-state index in [2.05, 4.69) is 6.58 Å². The van der Waals surface area contributed by atoms with Gasteiger partial charge in [0, 0.05) is 5.57 Å². The topological polar surface area (TPSA) is 63.7 Å². The van der Waals surface area contributed by atoms with Crippen molar-refractivity contribution in [3.8, 4) is 0 Å². The average Bonchev–Trinajstić information content (AvgIpc) is 2.64. The lowest BCUT2D eigenvalue weighted by Gasteiger charge is -2.20. The Morgan fingerprint density at radius 1 is 1.35 bits per heavy atom.